The molecule has 1 aliphatic rings. The van der Waals surface area contributed by atoms with Crippen molar-refractivity contribution in [3.63, 3.8) is 0 Å². The van der Waals surface area contributed by atoms with Crippen molar-refractivity contribution in [2.24, 2.45) is 7.05 Å². The third-order valence-electron chi connectivity index (χ3n) is 3.77. The van der Waals surface area contributed by atoms with Crippen LogP contribution in [0.2, 0.25) is 0 Å². The van der Waals surface area contributed by atoms with Gasteiger partial charge in [0, 0.05) is 31.7 Å². The van der Waals surface area contributed by atoms with Gasteiger partial charge in [-0.1, -0.05) is 0 Å². The lowest BCUT2D eigenvalue weighted by molar-refractivity contribution is 0.132. The lowest BCUT2D eigenvalue weighted by atomic mass is 9.94. The molecular weight excluding hydrogens is 318 g/mol. The normalized spacial score (nSPS) is 22.0. The van der Waals surface area contributed by atoms with E-state index in [1.54, 1.807) is 30.1 Å². The highest BCUT2D eigenvalue weighted by molar-refractivity contribution is 7.89. The zero-order valence-electron chi connectivity index (χ0n) is 12.8. The molecule has 1 fully saturated rings. The van der Waals surface area contributed by atoms with Crippen molar-refractivity contribution in [2.45, 2.75) is 42.9 Å². The largest absolute Gasteiger partial charge is 0.460 e. The Labute approximate surface area is 135 Å². The van der Waals surface area contributed by atoms with Crippen LogP contribution in [0.3, 0.4) is 0 Å². The first kappa shape index (κ1) is 15.9. The Bertz CT molecular complexity index is 739. The van der Waals surface area contributed by atoms with E-state index in [0.717, 1.165) is 12.8 Å². The second-order valence-corrected chi connectivity index (χ2v) is 7.28. The number of imidazole rings is 1. The summed E-state index contributed by atoms with van der Waals surface area (Å²) in [6.07, 6.45) is 9.19. The van der Waals surface area contributed by atoms with E-state index in [-0.39, 0.29) is 17.2 Å². The average Bonchev–Trinajstić information content (AvgIpc) is 2.98. The molecule has 1 N–H and O–H groups in total. The summed E-state index contributed by atoms with van der Waals surface area (Å²) in [5.74, 6) is 0. The van der Waals surface area contributed by atoms with Crippen molar-refractivity contribution in [1.82, 2.24) is 24.2 Å². The number of hydrogen-bond donors (Lipinski definition) is 1. The number of rotatable bonds is 5. The van der Waals surface area contributed by atoms with Gasteiger partial charge in [-0.2, -0.15) is 0 Å². The maximum absolute atomic E-state index is 12.2. The first-order valence-corrected chi connectivity index (χ1v) is 8.95. The highest BCUT2D eigenvalue weighted by atomic mass is 32.2. The van der Waals surface area contributed by atoms with Gasteiger partial charge < -0.3 is 9.30 Å². The molecule has 0 spiro atoms. The van der Waals surface area contributed by atoms with Gasteiger partial charge in [-0.15, -0.1) is 0 Å². The van der Waals surface area contributed by atoms with Gasteiger partial charge in [-0.3, -0.25) is 0 Å². The first-order chi connectivity index (χ1) is 11.0. The Balaban J connectivity index is 1.53. The quantitative estimate of drug-likeness (QED) is 0.869. The number of hydrogen-bond acceptors (Lipinski definition) is 6. The van der Waals surface area contributed by atoms with Gasteiger partial charge in [0.15, 0.2) is 5.03 Å². The van der Waals surface area contributed by atoms with Crippen LogP contribution in [0.1, 0.15) is 25.7 Å². The molecule has 1 aliphatic carbocycles. The number of aryl methyl sites for hydroxylation is 1. The molecule has 23 heavy (non-hydrogen) atoms. The van der Waals surface area contributed by atoms with E-state index in [1.165, 1.54) is 12.5 Å². The molecule has 0 atom stereocenters. The highest BCUT2D eigenvalue weighted by Crippen LogP contribution is 2.23. The van der Waals surface area contributed by atoms with Crippen molar-refractivity contribution in [3.8, 4) is 6.01 Å². The molecule has 8 nitrogen and oxygen atoms in total. The SMILES string of the molecule is Cn1cnc(S(=O)(=O)NC2CCC(Oc3ncccn3)CC2)c1. The van der Waals surface area contributed by atoms with Crippen LogP contribution in [0.4, 0.5) is 0 Å². The number of aromatic nitrogens is 4. The molecule has 124 valence electrons. The Morgan fingerprint density at radius 2 is 1.87 bits per heavy atom. The highest BCUT2D eigenvalue weighted by Gasteiger charge is 2.27. The lowest BCUT2D eigenvalue weighted by Crippen LogP contribution is -2.39. The topological polar surface area (TPSA) is 99.0 Å². The molecule has 9 heteroatoms. The van der Waals surface area contributed by atoms with Crippen molar-refractivity contribution in [3.05, 3.63) is 31.0 Å². The standard InChI is InChI=1S/C14H19N5O3S/c1-19-9-13(17-10-19)23(20,21)18-11-3-5-12(6-4-11)22-14-15-7-2-8-16-14/h2,7-12,18H,3-6H2,1H3. The van der Waals surface area contributed by atoms with Crippen LogP contribution in [-0.2, 0) is 17.1 Å². The van der Waals surface area contributed by atoms with Gasteiger partial charge in [0.05, 0.1) is 6.33 Å². The van der Waals surface area contributed by atoms with Crippen molar-refractivity contribution in [1.29, 1.82) is 0 Å². The Hall–Kier alpha value is -2.00. The van der Waals surface area contributed by atoms with Gasteiger partial charge in [-0.25, -0.2) is 28.1 Å². The molecule has 0 aromatic carbocycles. The third kappa shape index (κ3) is 4.05. The molecule has 0 bridgehead atoms. The van der Waals surface area contributed by atoms with Crippen LogP contribution < -0.4 is 9.46 Å². The maximum Gasteiger partial charge on any atom is 0.316 e. The predicted molar refractivity (Wildman–Crippen MR) is 82.2 cm³/mol. The summed E-state index contributed by atoms with van der Waals surface area (Å²) in [7, 11) is -1.83. The zero-order chi connectivity index (χ0) is 16.3. The molecule has 1 saturated carbocycles. The average molecular weight is 337 g/mol. The number of nitrogens with one attached hydrogen (secondary N) is 1. The molecule has 0 radical (unpaired) electrons. The van der Waals surface area contributed by atoms with Crippen LogP contribution in [-0.4, -0.2) is 40.1 Å². The van der Waals surface area contributed by atoms with E-state index in [4.69, 9.17) is 4.74 Å². The fourth-order valence-corrected chi connectivity index (χ4v) is 3.89. The summed E-state index contributed by atoms with van der Waals surface area (Å²) in [5.41, 5.74) is 0. The molecule has 2 heterocycles. The van der Waals surface area contributed by atoms with Gasteiger partial charge in [0.2, 0.25) is 0 Å². The molecular formula is C14H19N5O3S. The van der Waals surface area contributed by atoms with Gasteiger partial charge >= 0.3 is 6.01 Å². The fourth-order valence-electron chi connectivity index (χ4n) is 2.60. The Morgan fingerprint density at radius 3 is 2.48 bits per heavy atom. The molecule has 0 amide bonds. The molecule has 3 rings (SSSR count). The van der Waals surface area contributed by atoms with Crippen LogP contribution in [0.15, 0.2) is 36.0 Å². The zero-order valence-corrected chi connectivity index (χ0v) is 13.6. The van der Waals surface area contributed by atoms with E-state index in [0.29, 0.717) is 18.9 Å². The molecule has 2 aromatic rings. The summed E-state index contributed by atoms with van der Waals surface area (Å²) < 4.78 is 34.5. The van der Waals surface area contributed by atoms with E-state index in [2.05, 4.69) is 19.7 Å². The summed E-state index contributed by atoms with van der Waals surface area (Å²) >= 11 is 0. The summed E-state index contributed by atoms with van der Waals surface area (Å²) in [5, 5.41) is 0.0519. The number of ether oxygens (including phenoxy) is 1. The minimum Gasteiger partial charge on any atom is -0.460 e. The second-order valence-electron chi connectivity index (χ2n) is 5.62. The van der Waals surface area contributed by atoms with Crippen LogP contribution in [0.5, 0.6) is 6.01 Å². The second kappa shape index (κ2) is 6.63. The smallest absolute Gasteiger partial charge is 0.316 e. The maximum atomic E-state index is 12.2. The van der Waals surface area contributed by atoms with E-state index in [1.807, 2.05) is 0 Å². The van der Waals surface area contributed by atoms with E-state index in [9.17, 15) is 8.42 Å². The van der Waals surface area contributed by atoms with Gasteiger partial charge in [-0.05, 0) is 31.7 Å². The third-order valence-corrected chi connectivity index (χ3v) is 5.17. The van der Waals surface area contributed by atoms with Crippen molar-refractivity contribution in [2.75, 3.05) is 0 Å². The molecule has 0 saturated heterocycles. The van der Waals surface area contributed by atoms with Crippen molar-refractivity contribution >= 4 is 10.0 Å². The molecule has 2 aromatic heterocycles. The lowest BCUT2D eigenvalue weighted by Gasteiger charge is -2.28. The predicted octanol–water partition coefficient (Wildman–Crippen LogP) is 0.879. The fraction of sp³-hybridized carbons (Fsp3) is 0.500. The van der Waals surface area contributed by atoms with Crippen LogP contribution in [0, 0.1) is 0 Å². The summed E-state index contributed by atoms with van der Waals surface area (Å²) in [4.78, 5) is 12.0. The van der Waals surface area contributed by atoms with E-state index < -0.39 is 10.0 Å². The van der Waals surface area contributed by atoms with Gasteiger partial charge in [0.25, 0.3) is 10.0 Å². The molecule has 0 aliphatic heterocycles. The Morgan fingerprint density at radius 1 is 1.17 bits per heavy atom. The monoisotopic (exact) mass is 337 g/mol. The summed E-state index contributed by atoms with van der Waals surface area (Å²) in [6, 6.07) is 2.00. The van der Waals surface area contributed by atoms with E-state index >= 15 is 0 Å². The minimum atomic E-state index is -3.56. The number of sulfonamides is 1. The molecule has 0 unspecified atom stereocenters. The van der Waals surface area contributed by atoms with Crippen molar-refractivity contribution < 1.29 is 13.2 Å². The first-order valence-electron chi connectivity index (χ1n) is 7.47. The van der Waals surface area contributed by atoms with Crippen LogP contribution in [0.25, 0.3) is 0 Å². The van der Waals surface area contributed by atoms with Gasteiger partial charge in [0.1, 0.15) is 6.10 Å². The Kier molecular flexibility index (Phi) is 4.58. The summed E-state index contributed by atoms with van der Waals surface area (Å²) in [6.45, 7) is 0. The van der Waals surface area contributed by atoms with Crippen LogP contribution >= 0.6 is 0 Å². The minimum absolute atomic E-state index is 0.0213. The number of nitrogens with zero attached hydrogens (tertiary/aromatic N) is 4.